The van der Waals surface area contributed by atoms with Gasteiger partial charge in [-0.05, 0) is 6.07 Å². The highest BCUT2D eigenvalue weighted by Gasteiger charge is 2.23. The molecule has 0 aliphatic rings. The number of aromatic carboxylic acids is 1. The number of methoxy groups -OCH3 is 1. The number of hydrogen-bond acceptors (Lipinski definition) is 6. The second-order valence-corrected chi connectivity index (χ2v) is 5.75. The third-order valence-corrected chi connectivity index (χ3v) is 3.68. The summed E-state index contributed by atoms with van der Waals surface area (Å²) in [4.78, 5) is 18.6. The Morgan fingerprint density at radius 3 is 2.58 bits per heavy atom. The minimum Gasteiger partial charge on any atom is -0.479 e. The molecule has 0 spiro atoms. The number of rotatable bonds is 3. The molecule has 2 heterocycles. The van der Waals surface area contributed by atoms with E-state index in [4.69, 9.17) is 9.84 Å². The number of carbonyl (C=O) groups is 1. The Hall–Kier alpha value is -2.22. The maximum absolute atomic E-state index is 11.8. The van der Waals surface area contributed by atoms with Crippen molar-refractivity contribution < 1.29 is 23.1 Å². The molecule has 0 unspecified atom stereocenters. The van der Waals surface area contributed by atoms with Crippen molar-refractivity contribution in [2.24, 2.45) is 0 Å². The Labute approximate surface area is 108 Å². The van der Waals surface area contributed by atoms with E-state index in [1.165, 1.54) is 19.4 Å². The average Bonchev–Trinajstić information content (AvgIpc) is 2.35. The van der Waals surface area contributed by atoms with Crippen LogP contribution in [-0.2, 0) is 9.84 Å². The number of pyridine rings is 2. The highest BCUT2D eigenvalue weighted by molar-refractivity contribution is 7.91. The molecule has 0 fully saturated rings. The minimum atomic E-state index is -3.73. The molecule has 2 aromatic rings. The Morgan fingerprint density at radius 2 is 2.05 bits per heavy atom. The molecular formula is C11H10N2O5S. The molecule has 0 bridgehead atoms. The molecule has 2 aromatic heterocycles. The van der Waals surface area contributed by atoms with Crippen molar-refractivity contribution >= 4 is 26.7 Å². The summed E-state index contributed by atoms with van der Waals surface area (Å²) >= 11 is 0. The number of hydrogen-bond donors (Lipinski definition) is 1. The van der Waals surface area contributed by atoms with Crippen molar-refractivity contribution in [3.05, 3.63) is 24.0 Å². The standard InChI is InChI=1S/C11H10N2O5S/c1-18-10-8-6(3-4-12-10)9(19(2,16)17)7(5-13-8)11(14)15/h3-5H,1-2H3,(H,14,15). The molecule has 0 saturated heterocycles. The van der Waals surface area contributed by atoms with Gasteiger partial charge in [0.15, 0.2) is 9.84 Å². The molecule has 0 aliphatic heterocycles. The van der Waals surface area contributed by atoms with Gasteiger partial charge >= 0.3 is 5.97 Å². The summed E-state index contributed by atoms with van der Waals surface area (Å²) in [7, 11) is -2.36. The first kappa shape index (κ1) is 13.2. The molecule has 1 N–H and O–H groups in total. The summed E-state index contributed by atoms with van der Waals surface area (Å²) in [5, 5.41) is 9.24. The lowest BCUT2D eigenvalue weighted by Gasteiger charge is -2.09. The van der Waals surface area contributed by atoms with Crippen LogP contribution in [0.1, 0.15) is 10.4 Å². The van der Waals surface area contributed by atoms with Crippen molar-refractivity contribution in [1.29, 1.82) is 0 Å². The molecule has 8 heteroatoms. The van der Waals surface area contributed by atoms with Gasteiger partial charge in [0, 0.05) is 24.0 Å². The fourth-order valence-corrected chi connectivity index (χ4v) is 2.88. The third-order valence-electron chi connectivity index (χ3n) is 2.50. The predicted octanol–water partition coefficient (Wildman–Crippen LogP) is 0.740. The van der Waals surface area contributed by atoms with E-state index in [0.29, 0.717) is 0 Å². The highest BCUT2D eigenvalue weighted by Crippen LogP contribution is 2.29. The van der Waals surface area contributed by atoms with Crippen LogP contribution in [0.25, 0.3) is 10.9 Å². The molecule has 100 valence electrons. The zero-order chi connectivity index (χ0) is 14.2. The topological polar surface area (TPSA) is 106 Å². The summed E-state index contributed by atoms with van der Waals surface area (Å²) < 4.78 is 28.6. The van der Waals surface area contributed by atoms with Crippen molar-refractivity contribution in [2.45, 2.75) is 4.90 Å². The molecule has 0 radical (unpaired) electrons. The molecule has 0 amide bonds. The zero-order valence-corrected chi connectivity index (χ0v) is 10.9. The Kier molecular flexibility index (Phi) is 3.11. The summed E-state index contributed by atoms with van der Waals surface area (Å²) in [6.07, 6.45) is 3.27. The van der Waals surface area contributed by atoms with Gasteiger partial charge in [0.2, 0.25) is 5.88 Å². The van der Waals surface area contributed by atoms with Gasteiger partial charge in [0.25, 0.3) is 0 Å². The molecule has 2 rings (SSSR count). The summed E-state index contributed by atoms with van der Waals surface area (Å²) in [6, 6.07) is 1.40. The number of aromatic nitrogens is 2. The van der Waals surface area contributed by atoms with E-state index in [1.807, 2.05) is 0 Å². The van der Waals surface area contributed by atoms with Crippen LogP contribution in [0.4, 0.5) is 0 Å². The molecule has 19 heavy (non-hydrogen) atoms. The van der Waals surface area contributed by atoms with Crippen molar-refractivity contribution in [3.63, 3.8) is 0 Å². The largest absolute Gasteiger partial charge is 0.479 e. The van der Waals surface area contributed by atoms with E-state index in [2.05, 4.69) is 9.97 Å². The second-order valence-electron chi connectivity index (χ2n) is 3.79. The maximum Gasteiger partial charge on any atom is 0.338 e. The Balaban J connectivity index is 3.01. The molecule has 0 saturated carbocycles. The fourth-order valence-electron chi connectivity index (χ4n) is 1.78. The van der Waals surface area contributed by atoms with Gasteiger partial charge in [-0.15, -0.1) is 0 Å². The Bertz CT molecular complexity index is 770. The van der Waals surface area contributed by atoms with Gasteiger partial charge in [-0.2, -0.15) is 0 Å². The SMILES string of the molecule is COc1nccc2c(S(C)(=O)=O)c(C(=O)O)cnc12. The van der Waals surface area contributed by atoms with Crippen LogP contribution in [-0.4, -0.2) is 42.8 Å². The van der Waals surface area contributed by atoms with Gasteiger partial charge in [0.1, 0.15) is 5.52 Å². The zero-order valence-electron chi connectivity index (χ0n) is 10.1. The first-order valence-corrected chi connectivity index (χ1v) is 7.00. The molecule has 7 nitrogen and oxygen atoms in total. The van der Waals surface area contributed by atoms with Gasteiger partial charge in [0.05, 0.1) is 17.6 Å². The van der Waals surface area contributed by atoms with Gasteiger partial charge in [-0.25, -0.2) is 23.2 Å². The van der Waals surface area contributed by atoms with Crippen LogP contribution < -0.4 is 4.74 Å². The minimum absolute atomic E-state index is 0.138. The fraction of sp³-hybridized carbons (Fsp3) is 0.182. The first-order chi connectivity index (χ1) is 8.86. The molecular weight excluding hydrogens is 272 g/mol. The number of fused-ring (bicyclic) bond motifs is 1. The normalized spacial score (nSPS) is 11.5. The van der Waals surface area contributed by atoms with E-state index >= 15 is 0 Å². The van der Waals surface area contributed by atoms with Crippen molar-refractivity contribution in [2.75, 3.05) is 13.4 Å². The van der Waals surface area contributed by atoms with E-state index in [9.17, 15) is 13.2 Å². The molecule has 0 atom stereocenters. The second kappa shape index (κ2) is 4.47. The number of ether oxygens (including phenoxy) is 1. The van der Waals surface area contributed by atoms with E-state index in [-0.39, 0.29) is 27.2 Å². The molecule has 0 aromatic carbocycles. The summed E-state index contributed by atoms with van der Waals surface area (Å²) in [5.74, 6) is -1.22. The van der Waals surface area contributed by atoms with Gasteiger partial charge < -0.3 is 9.84 Å². The van der Waals surface area contributed by atoms with E-state index in [1.54, 1.807) is 0 Å². The van der Waals surface area contributed by atoms with Crippen LogP contribution >= 0.6 is 0 Å². The van der Waals surface area contributed by atoms with Gasteiger partial charge in [-0.1, -0.05) is 0 Å². The number of carboxylic acids is 1. The lowest BCUT2D eigenvalue weighted by Crippen LogP contribution is -2.10. The van der Waals surface area contributed by atoms with Crippen molar-refractivity contribution in [1.82, 2.24) is 9.97 Å². The smallest absolute Gasteiger partial charge is 0.338 e. The number of nitrogens with zero attached hydrogens (tertiary/aromatic N) is 2. The third kappa shape index (κ3) is 2.22. The lowest BCUT2D eigenvalue weighted by molar-refractivity contribution is 0.0692. The maximum atomic E-state index is 11.8. The average molecular weight is 282 g/mol. The van der Waals surface area contributed by atoms with E-state index in [0.717, 1.165) is 12.5 Å². The summed E-state index contributed by atoms with van der Waals surface area (Å²) in [5.41, 5.74) is -0.168. The predicted molar refractivity (Wildman–Crippen MR) is 66.2 cm³/mol. The van der Waals surface area contributed by atoms with Crippen LogP contribution in [0.2, 0.25) is 0 Å². The van der Waals surface area contributed by atoms with Crippen molar-refractivity contribution in [3.8, 4) is 5.88 Å². The Morgan fingerprint density at radius 1 is 1.37 bits per heavy atom. The molecule has 0 aliphatic carbocycles. The monoisotopic (exact) mass is 282 g/mol. The van der Waals surface area contributed by atoms with Crippen LogP contribution in [0.5, 0.6) is 5.88 Å². The van der Waals surface area contributed by atoms with Crippen LogP contribution in [0.15, 0.2) is 23.4 Å². The van der Waals surface area contributed by atoms with Crippen LogP contribution in [0, 0.1) is 0 Å². The lowest BCUT2D eigenvalue weighted by atomic mass is 10.2. The summed E-state index contributed by atoms with van der Waals surface area (Å²) in [6.45, 7) is 0. The first-order valence-electron chi connectivity index (χ1n) is 5.11. The quantitative estimate of drug-likeness (QED) is 0.884. The number of carboxylic acid groups (broad SMARTS) is 1. The number of sulfone groups is 1. The van der Waals surface area contributed by atoms with E-state index < -0.39 is 15.8 Å². The van der Waals surface area contributed by atoms with Crippen LogP contribution in [0.3, 0.4) is 0 Å². The highest BCUT2D eigenvalue weighted by atomic mass is 32.2. The van der Waals surface area contributed by atoms with Gasteiger partial charge in [-0.3, -0.25) is 0 Å².